The molecule has 19 heavy (non-hydrogen) atoms. The second-order valence-corrected chi connectivity index (χ2v) is 3.68. The van der Waals surface area contributed by atoms with E-state index < -0.39 is 0 Å². The molecule has 0 radical (unpaired) electrons. The van der Waals surface area contributed by atoms with Crippen LogP contribution in [0.2, 0.25) is 0 Å². The van der Waals surface area contributed by atoms with E-state index in [1.54, 1.807) is 14.2 Å². The molecule has 0 unspecified atom stereocenters. The summed E-state index contributed by atoms with van der Waals surface area (Å²) in [7, 11) is 3.28. The zero-order chi connectivity index (χ0) is 15.3. The molecule has 0 N–H and O–H groups in total. The number of ether oxygens (including phenoxy) is 2. The van der Waals surface area contributed by atoms with Crippen molar-refractivity contribution in [2.75, 3.05) is 20.8 Å². The van der Waals surface area contributed by atoms with Gasteiger partial charge in [-0.2, -0.15) is 0 Å². The Morgan fingerprint density at radius 2 is 1.58 bits per heavy atom. The lowest BCUT2D eigenvalue weighted by molar-refractivity contribution is 0.159. The first-order valence-corrected chi connectivity index (χ1v) is 6.46. The molecule has 0 aliphatic carbocycles. The summed E-state index contributed by atoms with van der Waals surface area (Å²) in [5.74, 6) is 0.786. The zero-order valence-corrected chi connectivity index (χ0v) is 13.2. The molecule has 0 spiro atoms. The van der Waals surface area contributed by atoms with Crippen molar-refractivity contribution in [1.29, 1.82) is 0 Å². The molecule has 0 amide bonds. The first-order valence-electron chi connectivity index (χ1n) is 6.46. The molecule has 0 atom stereocenters. The molecule has 0 aromatic carbocycles. The van der Waals surface area contributed by atoms with Crippen molar-refractivity contribution < 1.29 is 9.47 Å². The van der Waals surface area contributed by atoms with E-state index in [9.17, 15) is 0 Å². The lowest BCUT2D eigenvalue weighted by Gasteiger charge is -2.06. The van der Waals surface area contributed by atoms with E-state index in [1.165, 1.54) is 0 Å². The predicted molar refractivity (Wildman–Crippen MR) is 85.2 cm³/mol. The molecule has 0 bridgehead atoms. The fourth-order valence-corrected chi connectivity index (χ4v) is 1.26. The van der Waals surface area contributed by atoms with E-state index >= 15 is 0 Å². The summed E-state index contributed by atoms with van der Waals surface area (Å²) >= 11 is 0. The van der Waals surface area contributed by atoms with Crippen LogP contribution in [0, 0.1) is 0 Å². The summed E-state index contributed by atoms with van der Waals surface area (Å²) in [5, 5.41) is 0. The van der Waals surface area contributed by atoms with Gasteiger partial charge in [-0.05, 0) is 31.1 Å². The minimum absolute atomic E-state index is 0.461. The first kappa shape index (κ1) is 19.8. The highest BCUT2D eigenvalue weighted by atomic mass is 16.5. The smallest absolute Gasteiger partial charge is 0.121 e. The minimum Gasteiger partial charge on any atom is -0.499 e. The highest BCUT2D eigenvalue weighted by molar-refractivity contribution is 5.42. The quantitative estimate of drug-likeness (QED) is 0.484. The Hall–Kier alpha value is -1.54. The van der Waals surface area contributed by atoms with Crippen molar-refractivity contribution in [1.82, 2.24) is 0 Å². The van der Waals surface area contributed by atoms with Crippen molar-refractivity contribution in [2.24, 2.45) is 0 Å². The number of rotatable bonds is 7. The fourth-order valence-electron chi connectivity index (χ4n) is 1.26. The molecular weight excluding hydrogens is 236 g/mol. The number of hydrogen-bond donors (Lipinski definition) is 0. The molecule has 2 nitrogen and oxygen atoms in total. The van der Waals surface area contributed by atoms with E-state index in [2.05, 4.69) is 13.2 Å². The number of allylic oxidation sites excluding steroid dienone is 7. The summed E-state index contributed by atoms with van der Waals surface area (Å²) < 4.78 is 10.3. The fraction of sp³-hybridized carbons (Fsp3) is 0.412. The van der Waals surface area contributed by atoms with Crippen LogP contribution in [-0.2, 0) is 9.47 Å². The minimum atomic E-state index is 0.461. The van der Waals surface area contributed by atoms with Gasteiger partial charge in [0.1, 0.15) is 12.4 Å². The van der Waals surface area contributed by atoms with Gasteiger partial charge in [-0.15, -0.1) is 0 Å². The maximum atomic E-state index is 5.21. The van der Waals surface area contributed by atoms with Crippen LogP contribution in [0.15, 0.2) is 59.9 Å². The summed E-state index contributed by atoms with van der Waals surface area (Å²) in [6.07, 6.45) is 7.62. The molecule has 2 heteroatoms. The van der Waals surface area contributed by atoms with Crippen molar-refractivity contribution in [3.05, 3.63) is 59.9 Å². The Morgan fingerprint density at radius 3 is 1.95 bits per heavy atom. The monoisotopic (exact) mass is 264 g/mol. The van der Waals surface area contributed by atoms with Gasteiger partial charge in [-0.3, -0.25) is 0 Å². The van der Waals surface area contributed by atoms with Gasteiger partial charge in [-0.25, -0.2) is 0 Å². The topological polar surface area (TPSA) is 18.5 Å². The van der Waals surface area contributed by atoms with Gasteiger partial charge >= 0.3 is 0 Å². The van der Waals surface area contributed by atoms with Crippen LogP contribution in [0.4, 0.5) is 0 Å². The molecule has 0 rings (SSSR count). The molecule has 108 valence electrons. The third-order valence-electron chi connectivity index (χ3n) is 2.31. The Morgan fingerprint density at radius 1 is 1.00 bits per heavy atom. The third-order valence-corrected chi connectivity index (χ3v) is 2.31. The normalized spacial score (nSPS) is 12.9. The van der Waals surface area contributed by atoms with E-state index in [0.717, 1.165) is 22.5 Å². The van der Waals surface area contributed by atoms with Gasteiger partial charge in [0.15, 0.2) is 0 Å². The van der Waals surface area contributed by atoms with Gasteiger partial charge in [0, 0.05) is 7.11 Å². The molecule has 0 aromatic heterocycles. The maximum absolute atomic E-state index is 5.21. The van der Waals surface area contributed by atoms with Crippen LogP contribution in [0.25, 0.3) is 0 Å². The van der Waals surface area contributed by atoms with E-state index in [0.29, 0.717) is 6.61 Å². The number of hydrogen-bond acceptors (Lipinski definition) is 2. The maximum Gasteiger partial charge on any atom is 0.121 e. The summed E-state index contributed by atoms with van der Waals surface area (Å²) in [6.45, 7) is 16.0. The van der Waals surface area contributed by atoms with Crippen molar-refractivity contribution >= 4 is 0 Å². The molecule has 0 aliphatic heterocycles. The Bertz CT molecular complexity index is 357. The van der Waals surface area contributed by atoms with E-state index in [-0.39, 0.29) is 0 Å². The molecule has 0 aromatic rings. The van der Waals surface area contributed by atoms with E-state index in [1.807, 2.05) is 52.0 Å². The van der Waals surface area contributed by atoms with Crippen molar-refractivity contribution in [3.63, 3.8) is 0 Å². The predicted octanol–water partition coefficient (Wildman–Crippen LogP) is 4.82. The zero-order valence-electron chi connectivity index (χ0n) is 13.2. The Labute approximate surface area is 118 Å². The van der Waals surface area contributed by atoms with Crippen LogP contribution in [0.1, 0.15) is 27.7 Å². The van der Waals surface area contributed by atoms with Crippen LogP contribution in [0.3, 0.4) is 0 Å². The second kappa shape index (κ2) is 12.9. The van der Waals surface area contributed by atoms with Crippen molar-refractivity contribution in [3.8, 4) is 0 Å². The van der Waals surface area contributed by atoms with Gasteiger partial charge < -0.3 is 9.47 Å². The number of methoxy groups -OCH3 is 2. The Balaban J connectivity index is 0. The van der Waals surface area contributed by atoms with Crippen molar-refractivity contribution in [2.45, 2.75) is 27.7 Å². The van der Waals surface area contributed by atoms with Crippen LogP contribution >= 0.6 is 0 Å². The summed E-state index contributed by atoms with van der Waals surface area (Å²) in [5.41, 5.74) is 3.22. The van der Waals surface area contributed by atoms with Gasteiger partial charge in [0.25, 0.3) is 0 Å². The largest absolute Gasteiger partial charge is 0.499 e. The average Bonchev–Trinajstić information content (AvgIpc) is 2.45. The summed E-state index contributed by atoms with van der Waals surface area (Å²) in [4.78, 5) is 0. The Kier molecular flexibility index (Phi) is 13.4. The van der Waals surface area contributed by atoms with Gasteiger partial charge in [-0.1, -0.05) is 50.8 Å². The highest BCUT2D eigenvalue weighted by Gasteiger charge is 1.98. The lowest BCUT2D eigenvalue weighted by Crippen LogP contribution is -1.97. The van der Waals surface area contributed by atoms with Gasteiger partial charge in [0.05, 0.1) is 7.11 Å². The SMILES string of the molecule is C=C/C(C)=C/C(C=C)=C(C)/C=C(\COC)OC.CC. The van der Waals surface area contributed by atoms with Crippen LogP contribution in [0.5, 0.6) is 0 Å². The second-order valence-electron chi connectivity index (χ2n) is 3.68. The van der Waals surface area contributed by atoms with Crippen LogP contribution < -0.4 is 0 Å². The molecule has 0 fully saturated rings. The van der Waals surface area contributed by atoms with E-state index in [4.69, 9.17) is 9.47 Å². The highest BCUT2D eigenvalue weighted by Crippen LogP contribution is 2.14. The third kappa shape index (κ3) is 9.09. The molecule has 0 heterocycles. The molecule has 0 saturated carbocycles. The molecule has 0 aliphatic rings. The average molecular weight is 264 g/mol. The lowest BCUT2D eigenvalue weighted by atomic mass is 10.1. The molecule has 0 saturated heterocycles. The molecular formula is C17H28O2. The first-order chi connectivity index (χ1) is 9.08. The standard InChI is InChI=1S/C15H22O2.C2H6/c1-7-12(3)9-14(8-2)13(4)10-15(17-6)11-16-5;1-2/h7-10H,1-2,11H2,3-6H3;1-2H3/b12-9+,14-13+,15-10+;. The van der Waals surface area contributed by atoms with Gasteiger partial charge in [0.2, 0.25) is 0 Å². The summed E-state index contributed by atoms with van der Waals surface area (Å²) in [6, 6.07) is 0. The van der Waals surface area contributed by atoms with Crippen LogP contribution in [-0.4, -0.2) is 20.8 Å².